The van der Waals surface area contributed by atoms with Crippen molar-refractivity contribution < 1.29 is 33.4 Å². The topological polar surface area (TPSA) is 111 Å². The molecule has 10 heteroatoms. The van der Waals surface area contributed by atoms with Crippen molar-refractivity contribution in [2.75, 3.05) is 12.4 Å². The smallest absolute Gasteiger partial charge is 0.356 e. The molecular formula is C32H30N2O7S. The van der Waals surface area contributed by atoms with Crippen LogP contribution in [0.1, 0.15) is 31.1 Å². The van der Waals surface area contributed by atoms with Gasteiger partial charge in [0.25, 0.3) is 11.8 Å². The fourth-order valence-electron chi connectivity index (χ4n) is 4.89. The summed E-state index contributed by atoms with van der Waals surface area (Å²) in [6, 6.07) is 26.6. The molecule has 1 saturated heterocycles. The number of nitrogens with one attached hydrogen (secondary N) is 1. The molecule has 0 saturated carbocycles. The van der Waals surface area contributed by atoms with E-state index in [1.54, 1.807) is 31.2 Å². The number of amides is 2. The Balaban J connectivity index is 1.38. The van der Waals surface area contributed by atoms with E-state index < -0.39 is 47.4 Å². The van der Waals surface area contributed by atoms with E-state index in [2.05, 4.69) is 5.32 Å². The lowest BCUT2D eigenvalue weighted by atomic mass is 9.99. The van der Waals surface area contributed by atoms with E-state index in [-0.39, 0.29) is 12.3 Å². The van der Waals surface area contributed by atoms with Gasteiger partial charge in [0, 0.05) is 18.2 Å². The van der Waals surface area contributed by atoms with Gasteiger partial charge in [-0.05, 0) is 30.2 Å². The normalized spacial score (nSPS) is 18.5. The van der Waals surface area contributed by atoms with Gasteiger partial charge in [-0.15, -0.1) is 11.8 Å². The molecule has 9 nitrogen and oxygen atoms in total. The van der Waals surface area contributed by atoms with Gasteiger partial charge >= 0.3 is 11.9 Å². The molecule has 3 aromatic rings. The maximum absolute atomic E-state index is 13.9. The van der Waals surface area contributed by atoms with Crippen molar-refractivity contribution in [3.63, 3.8) is 0 Å². The van der Waals surface area contributed by atoms with Gasteiger partial charge < -0.3 is 19.5 Å². The van der Waals surface area contributed by atoms with Crippen LogP contribution in [0.3, 0.4) is 0 Å². The summed E-state index contributed by atoms with van der Waals surface area (Å²) in [6.45, 7) is 2.67. The first-order valence-corrected chi connectivity index (χ1v) is 14.5. The summed E-state index contributed by atoms with van der Waals surface area (Å²) in [5.41, 5.74) is 2.00. The number of fused-ring (bicyclic) bond motifs is 1. The Morgan fingerprint density at radius 3 is 2.05 bits per heavy atom. The van der Waals surface area contributed by atoms with E-state index in [9.17, 15) is 19.2 Å². The van der Waals surface area contributed by atoms with E-state index in [0.717, 1.165) is 11.1 Å². The van der Waals surface area contributed by atoms with Crippen LogP contribution in [-0.2, 0) is 28.7 Å². The second kappa shape index (κ2) is 12.9. The summed E-state index contributed by atoms with van der Waals surface area (Å²) in [5.74, 6) is -1.34. The minimum atomic E-state index is -0.853. The van der Waals surface area contributed by atoms with Crippen LogP contribution in [0, 0.1) is 0 Å². The summed E-state index contributed by atoms with van der Waals surface area (Å²) >= 11 is 1.37. The molecule has 0 aromatic heterocycles. The number of carbonyl (C=O) groups is 4. The Morgan fingerprint density at radius 2 is 1.48 bits per heavy atom. The van der Waals surface area contributed by atoms with Gasteiger partial charge in [-0.2, -0.15) is 0 Å². The van der Waals surface area contributed by atoms with Gasteiger partial charge in [-0.25, -0.2) is 4.79 Å². The van der Waals surface area contributed by atoms with Crippen LogP contribution in [0.4, 0.5) is 0 Å². The van der Waals surface area contributed by atoms with Crippen LogP contribution in [0.2, 0.25) is 0 Å². The average molecular weight is 587 g/mol. The quantitative estimate of drug-likeness (QED) is 0.280. The molecule has 5 rings (SSSR count). The molecule has 216 valence electrons. The summed E-state index contributed by atoms with van der Waals surface area (Å²) in [6.07, 6.45) is -1.51. The van der Waals surface area contributed by atoms with Crippen molar-refractivity contribution in [3.05, 3.63) is 113 Å². The van der Waals surface area contributed by atoms with E-state index in [1.807, 2.05) is 66.7 Å². The number of ether oxygens (including phenoxy) is 3. The van der Waals surface area contributed by atoms with Crippen molar-refractivity contribution in [1.82, 2.24) is 10.2 Å². The first-order chi connectivity index (χ1) is 20.3. The van der Waals surface area contributed by atoms with Crippen LogP contribution in [-0.4, -0.2) is 58.5 Å². The molecule has 1 fully saturated rings. The number of carbonyl (C=O) groups excluding carboxylic acids is 4. The maximum Gasteiger partial charge on any atom is 0.356 e. The Bertz CT molecular complexity index is 1440. The van der Waals surface area contributed by atoms with E-state index in [0.29, 0.717) is 17.1 Å². The third-order valence-corrected chi connectivity index (χ3v) is 8.19. The van der Waals surface area contributed by atoms with Crippen LogP contribution in [0.15, 0.2) is 102 Å². The number of rotatable bonds is 10. The Kier molecular flexibility index (Phi) is 8.92. The van der Waals surface area contributed by atoms with Gasteiger partial charge in [0.1, 0.15) is 29.0 Å². The van der Waals surface area contributed by atoms with Crippen molar-refractivity contribution >= 4 is 35.5 Å². The Hall–Kier alpha value is -4.57. The first-order valence-electron chi connectivity index (χ1n) is 13.5. The Morgan fingerprint density at radius 1 is 0.905 bits per heavy atom. The van der Waals surface area contributed by atoms with Gasteiger partial charge in [0.15, 0.2) is 12.7 Å². The van der Waals surface area contributed by atoms with E-state index in [4.69, 9.17) is 14.2 Å². The largest absolute Gasteiger partial charge is 0.484 e. The monoisotopic (exact) mass is 586 g/mol. The lowest BCUT2D eigenvalue weighted by Crippen LogP contribution is -2.71. The predicted molar refractivity (Wildman–Crippen MR) is 156 cm³/mol. The molecule has 2 amide bonds. The highest BCUT2D eigenvalue weighted by Gasteiger charge is 2.55. The highest BCUT2D eigenvalue weighted by molar-refractivity contribution is 8.00. The number of hydrogen-bond acceptors (Lipinski definition) is 8. The maximum atomic E-state index is 13.9. The molecule has 3 aromatic carbocycles. The minimum absolute atomic E-state index is 0.0281. The van der Waals surface area contributed by atoms with Crippen molar-refractivity contribution in [2.45, 2.75) is 37.5 Å². The molecular weight excluding hydrogens is 556 g/mol. The van der Waals surface area contributed by atoms with Gasteiger partial charge in [-0.1, -0.05) is 78.9 Å². The molecule has 0 spiro atoms. The molecule has 2 aliphatic rings. The molecule has 3 atom stereocenters. The van der Waals surface area contributed by atoms with Crippen LogP contribution in [0.25, 0.3) is 0 Å². The third-order valence-electron chi connectivity index (χ3n) is 6.88. The minimum Gasteiger partial charge on any atom is -0.484 e. The molecule has 0 bridgehead atoms. The predicted octanol–water partition coefficient (Wildman–Crippen LogP) is 4.00. The van der Waals surface area contributed by atoms with Crippen LogP contribution >= 0.6 is 11.8 Å². The molecule has 1 N–H and O–H groups in total. The van der Waals surface area contributed by atoms with Crippen LogP contribution < -0.4 is 10.1 Å². The number of esters is 2. The molecule has 2 heterocycles. The summed E-state index contributed by atoms with van der Waals surface area (Å²) in [4.78, 5) is 53.1. The third kappa shape index (κ3) is 6.33. The van der Waals surface area contributed by atoms with Crippen LogP contribution in [0.5, 0.6) is 5.75 Å². The standard InChI is InChI=1S/C32H30N2O7S/c1-20(40-21(2)35)25-19-42-31-27(33-26(36)18-39-24-16-10-5-11-17-24)30(37)34(31)28(25)32(38)41-29(22-12-6-3-7-13-22)23-14-8-4-9-15-23/h3-17,20,27,29,31H,18-19H2,1-2H3,(H,33,36)/t20?,27-,31+/m1/s1. The van der Waals surface area contributed by atoms with Gasteiger partial charge in [-0.3, -0.25) is 19.3 Å². The fraction of sp³-hybridized carbons (Fsp3) is 0.250. The van der Waals surface area contributed by atoms with E-state index >= 15 is 0 Å². The second-order valence-electron chi connectivity index (χ2n) is 9.79. The number of para-hydroxylation sites is 1. The van der Waals surface area contributed by atoms with Crippen molar-refractivity contribution in [2.24, 2.45) is 0 Å². The summed E-state index contributed by atoms with van der Waals surface area (Å²) < 4.78 is 17.0. The number of thioether (sulfide) groups is 1. The zero-order chi connectivity index (χ0) is 29.6. The number of benzene rings is 3. The second-order valence-corrected chi connectivity index (χ2v) is 10.9. The lowest BCUT2D eigenvalue weighted by Gasteiger charge is -2.50. The highest BCUT2D eigenvalue weighted by atomic mass is 32.2. The zero-order valence-electron chi connectivity index (χ0n) is 23.1. The zero-order valence-corrected chi connectivity index (χ0v) is 23.9. The summed E-state index contributed by atoms with van der Waals surface area (Å²) in [7, 11) is 0. The van der Waals surface area contributed by atoms with Gasteiger partial charge in [0.05, 0.1) is 0 Å². The molecule has 0 aliphatic carbocycles. The first kappa shape index (κ1) is 28.9. The number of hydrogen-bond donors (Lipinski definition) is 1. The SMILES string of the molecule is CC(=O)OC(C)C1=C(C(=O)OC(c2ccccc2)c2ccccc2)N2C(=O)[C@@H](NC(=O)COc3ccccc3)[C@@H]2SC1. The molecule has 42 heavy (non-hydrogen) atoms. The molecule has 2 aliphatic heterocycles. The lowest BCUT2D eigenvalue weighted by molar-refractivity contribution is -0.155. The number of β-lactam (4-membered cyclic amide) rings is 1. The molecule has 1 unspecified atom stereocenters. The highest BCUT2D eigenvalue weighted by Crippen LogP contribution is 2.42. The van der Waals surface area contributed by atoms with Gasteiger partial charge in [0.2, 0.25) is 0 Å². The fourth-order valence-corrected chi connectivity index (χ4v) is 6.35. The number of nitrogens with zero attached hydrogens (tertiary/aromatic N) is 1. The van der Waals surface area contributed by atoms with Crippen molar-refractivity contribution in [1.29, 1.82) is 0 Å². The average Bonchev–Trinajstić information content (AvgIpc) is 3.01. The van der Waals surface area contributed by atoms with Crippen molar-refractivity contribution in [3.8, 4) is 5.75 Å². The Labute approximate surface area is 247 Å². The van der Waals surface area contributed by atoms with E-state index in [1.165, 1.54) is 23.6 Å². The molecule has 0 radical (unpaired) electrons. The summed E-state index contributed by atoms with van der Waals surface area (Å²) in [5, 5.41) is 2.19.